The van der Waals surface area contributed by atoms with Gasteiger partial charge in [-0.05, 0) is 43.4 Å². The summed E-state index contributed by atoms with van der Waals surface area (Å²) >= 11 is 0.964. The van der Waals surface area contributed by atoms with Crippen LogP contribution in [0.15, 0.2) is 23.7 Å². The normalized spacial score (nSPS) is 24.6. The average molecular weight is 522 g/mol. The average Bonchev–Trinajstić information content (AvgIpc) is 3.59. The highest BCUT2D eigenvalue weighted by molar-refractivity contribution is 7.13. The van der Waals surface area contributed by atoms with E-state index in [4.69, 9.17) is 15.2 Å². The highest BCUT2D eigenvalue weighted by Crippen LogP contribution is 2.36. The maximum atomic E-state index is 14.9. The number of carbonyl (C=O) groups is 1. The number of nitrogens with one attached hydrogen (secondary N) is 1. The first-order chi connectivity index (χ1) is 17.3. The van der Waals surface area contributed by atoms with Crippen LogP contribution in [0.3, 0.4) is 0 Å². The summed E-state index contributed by atoms with van der Waals surface area (Å²) in [6.45, 7) is 0.415. The maximum absolute atomic E-state index is 14.9. The van der Waals surface area contributed by atoms with Gasteiger partial charge < -0.3 is 20.5 Å². The third kappa shape index (κ3) is 4.90. The lowest BCUT2D eigenvalue weighted by molar-refractivity contribution is 0.0247. The molecule has 2 fully saturated rings. The monoisotopic (exact) mass is 521 g/mol. The van der Waals surface area contributed by atoms with Crippen LogP contribution in [0, 0.1) is 11.6 Å². The van der Waals surface area contributed by atoms with Crippen molar-refractivity contribution >= 4 is 22.9 Å². The van der Waals surface area contributed by atoms with Crippen molar-refractivity contribution in [2.24, 2.45) is 12.8 Å². The molecule has 4 atom stereocenters. The summed E-state index contributed by atoms with van der Waals surface area (Å²) in [5.41, 5.74) is 6.94. The first-order valence-electron chi connectivity index (χ1n) is 11.7. The fourth-order valence-electron chi connectivity index (χ4n) is 4.58. The van der Waals surface area contributed by atoms with Crippen LogP contribution in [0.1, 0.15) is 59.6 Å². The Morgan fingerprint density at radius 2 is 1.97 bits per heavy atom. The highest BCUT2D eigenvalue weighted by Gasteiger charge is 2.30. The van der Waals surface area contributed by atoms with Crippen LogP contribution in [-0.2, 0) is 16.5 Å². The molecule has 192 valence electrons. The SMILES string of the molecule is Cn1ncc(NC(=O)c2csc(-c3c(F)cc(C4CCCO4)cc3F)n2)c1[C@@H]1CC[C@@H](N)[C@H](F)CO1. The van der Waals surface area contributed by atoms with Gasteiger partial charge in [-0.3, -0.25) is 9.48 Å². The van der Waals surface area contributed by atoms with Crippen LogP contribution in [0.5, 0.6) is 0 Å². The lowest BCUT2D eigenvalue weighted by Crippen LogP contribution is -2.32. The molecule has 1 aromatic carbocycles. The molecule has 2 aliphatic heterocycles. The van der Waals surface area contributed by atoms with Crippen molar-refractivity contribution in [2.75, 3.05) is 18.5 Å². The van der Waals surface area contributed by atoms with Crippen molar-refractivity contribution in [3.63, 3.8) is 0 Å². The number of ether oxygens (including phenoxy) is 2. The van der Waals surface area contributed by atoms with Crippen molar-refractivity contribution in [2.45, 2.75) is 50.1 Å². The summed E-state index contributed by atoms with van der Waals surface area (Å²) in [5.74, 6) is -2.09. The van der Waals surface area contributed by atoms with Gasteiger partial charge in [0.25, 0.3) is 5.91 Å². The number of rotatable bonds is 5. The second kappa shape index (κ2) is 10.3. The first-order valence-corrected chi connectivity index (χ1v) is 12.6. The van der Waals surface area contributed by atoms with E-state index in [0.29, 0.717) is 42.8 Å². The summed E-state index contributed by atoms with van der Waals surface area (Å²) in [5, 5.41) is 8.42. The topological polar surface area (TPSA) is 104 Å². The molecular weight excluding hydrogens is 495 g/mol. The van der Waals surface area contributed by atoms with Crippen molar-refractivity contribution in [1.82, 2.24) is 14.8 Å². The molecule has 8 nitrogen and oxygen atoms in total. The Hall–Kier alpha value is -2.80. The summed E-state index contributed by atoms with van der Waals surface area (Å²) in [6, 6.07) is 1.91. The van der Waals surface area contributed by atoms with Gasteiger partial charge in [-0.15, -0.1) is 11.3 Å². The van der Waals surface area contributed by atoms with Crippen LogP contribution >= 0.6 is 11.3 Å². The highest BCUT2D eigenvalue weighted by atomic mass is 32.1. The molecule has 0 spiro atoms. The fourth-order valence-corrected chi connectivity index (χ4v) is 5.43. The van der Waals surface area contributed by atoms with Gasteiger partial charge in [0.2, 0.25) is 0 Å². The fraction of sp³-hybridized carbons (Fsp3) is 0.458. The molecule has 3 aromatic rings. The Labute approximate surface area is 209 Å². The van der Waals surface area contributed by atoms with Crippen LogP contribution in [-0.4, -0.2) is 46.1 Å². The Morgan fingerprint density at radius 3 is 2.69 bits per heavy atom. The maximum Gasteiger partial charge on any atom is 0.275 e. The molecule has 36 heavy (non-hydrogen) atoms. The van der Waals surface area contributed by atoms with Gasteiger partial charge >= 0.3 is 0 Å². The zero-order chi connectivity index (χ0) is 25.4. The van der Waals surface area contributed by atoms with E-state index in [1.165, 1.54) is 23.7 Å². The van der Waals surface area contributed by atoms with E-state index < -0.39 is 35.9 Å². The van der Waals surface area contributed by atoms with E-state index in [1.807, 2.05) is 0 Å². The third-order valence-corrected chi connectivity index (χ3v) is 7.40. The number of nitrogens with zero attached hydrogens (tertiary/aromatic N) is 3. The van der Waals surface area contributed by atoms with Gasteiger partial charge in [-0.1, -0.05) is 0 Å². The molecule has 0 saturated carbocycles. The number of hydrogen-bond donors (Lipinski definition) is 2. The molecule has 2 aromatic heterocycles. The predicted molar refractivity (Wildman–Crippen MR) is 127 cm³/mol. The number of anilines is 1. The minimum absolute atomic E-state index is 0.000523. The van der Waals surface area contributed by atoms with E-state index >= 15 is 0 Å². The molecule has 0 radical (unpaired) electrons. The molecule has 12 heteroatoms. The second-order valence-corrected chi connectivity index (χ2v) is 9.86. The molecule has 5 rings (SSSR count). The molecule has 2 aliphatic rings. The number of nitrogens with two attached hydrogens (primary N) is 1. The van der Waals surface area contributed by atoms with Crippen LogP contribution < -0.4 is 11.1 Å². The number of carbonyl (C=O) groups excluding carboxylic acids is 1. The molecule has 3 N–H and O–H groups in total. The number of aromatic nitrogens is 3. The summed E-state index contributed by atoms with van der Waals surface area (Å²) in [7, 11) is 1.69. The van der Waals surface area contributed by atoms with E-state index in [-0.39, 0.29) is 29.0 Å². The Kier molecular flexibility index (Phi) is 7.11. The molecule has 0 bridgehead atoms. The van der Waals surface area contributed by atoms with Gasteiger partial charge in [0, 0.05) is 25.1 Å². The summed E-state index contributed by atoms with van der Waals surface area (Å²) in [6.07, 6.45) is 1.81. The number of aryl methyl sites for hydroxylation is 1. The Balaban J connectivity index is 1.34. The van der Waals surface area contributed by atoms with Crippen LogP contribution in [0.25, 0.3) is 10.6 Å². The molecule has 4 heterocycles. The molecule has 1 unspecified atom stereocenters. The Bertz CT molecular complexity index is 1220. The predicted octanol–water partition coefficient (Wildman–Crippen LogP) is 4.44. The van der Waals surface area contributed by atoms with Crippen molar-refractivity contribution in [3.05, 3.63) is 52.3 Å². The van der Waals surface area contributed by atoms with Crippen LogP contribution in [0.4, 0.5) is 18.9 Å². The standard InChI is InChI=1S/C24H26F3N5O3S/c1-32-22(20-5-4-16(28)15(27)10-35-20)17(9-29-32)30-23(33)18-11-36-24(31-18)21-13(25)7-12(8-14(21)26)19-3-2-6-34-19/h7-9,11,15-16,19-20H,2-6,10,28H2,1H3,(H,30,33)/t15-,16-,19?,20+/m1/s1. The molecular formula is C24H26F3N5O3S. The minimum Gasteiger partial charge on any atom is -0.374 e. The number of amides is 1. The zero-order valence-electron chi connectivity index (χ0n) is 19.5. The molecule has 2 saturated heterocycles. The van der Waals surface area contributed by atoms with Crippen LogP contribution in [0.2, 0.25) is 0 Å². The summed E-state index contributed by atoms with van der Waals surface area (Å²) in [4.78, 5) is 17.1. The third-order valence-electron chi connectivity index (χ3n) is 6.54. The summed E-state index contributed by atoms with van der Waals surface area (Å²) < 4.78 is 56.5. The molecule has 1 amide bonds. The van der Waals surface area contributed by atoms with Gasteiger partial charge in [0.05, 0.1) is 35.9 Å². The lowest BCUT2D eigenvalue weighted by Gasteiger charge is -2.17. The number of hydrogen-bond acceptors (Lipinski definition) is 7. The van der Waals surface area contributed by atoms with Crippen molar-refractivity contribution in [3.8, 4) is 10.6 Å². The smallest absolute Gasteiger partial charge is 0.275 e. The second-order valence-electron chi connectivity index (χ2n) is 9.00. The first kappa shape index (κ1) is 24.9. The Morgan fingerprint density at radius 1 is 1.19 bits per heavy atom. The van der Waals surface area contributed by atoms with Crippen molar-refractivity contribution in [1.29, 1.82) is 0 Å². The van der Waals surface area contributed by atoms with Gasteiger partial charge in [0.15, 0.2) is 0 Å². The van der Waals surface area contributed by atoms with Gasteiger partial charge in [0.1, 0.15) is 34.6 Å². The largest absolute Gasteiger partial charge is 0.374 e. The van der Waals surface area contributed by atoms with Gasteiger partial charge in [-0.2, -0.15) is 5.10 Å². The number of thiazole rings is 1. The number of halogens is 3. The number of benzene rings is 1. The van der Waals surface area contributed by atoms with Crippen molar-refractivity contribution < 1.29 is 27.4 Å². The lowest BCUT2D eigenvalue weighted by atomic mass is 10.0. The van der Waals surface area contributed by atoms with E-state index in [0.717, 1.165) is 17.8 Å². The van der Waals surface area contributed by atoms with E-state index in [9.17, 15) is 18.0 Å². The molecule has 0 aliphatic carbocycles. The quantitative estimate of drug-likeness (QED) is 0.515. The van der Waals surface area contributed by atoms with Gasteiger partial charge in [-0.25, -0.2) is 18.2 Å². The minimum atomic E-state index is -1.27. The zero-order valence-corrected chi connectivity index (χ0v) is 20.4. The van der Waals surface area contributed by atoms with E-state index in [2.05, 4.69) is 15.4 Å². The van der Waals surface area contributed by atoms with E-state index in [1.54, 1.807) is 11.7 Å². The number of alkyl halides is 1.